The number of aromatic nitrogens is 2. The van der Waals surface area contributed by atoms with E-state index < -0.39 is 41.9 Å². The summed E-state index contributed by atoms with van der Waals surface area (Å²) in [5.74, 6) is -1.65. The van der Waals surface area contributed by atoms with E-state index in [0.717, 1.165) is 38.0 Å². The lowest BCUT2D eigenvalue weighted by atomic mass is 10.1. The number of halogens is 2. The zero-order chi connectivity index (χ0) is 40.6. The van der Waals surface area contributed by atoms with E-state index in [9.17, 15) is 28.6 Å². The summed E-state index contributed by atoms with van der Waals surface area (Å²) in [6, 6.07) is 19.5. The molecule has 4 atom stereocenters. The minimum absolute atomic E-state index is 0.169. The Morgan fingerprint density at radius 2 is 1.26 bits per heavy atom. The zero-order valence-electron chi connectivity index (χ0n) is 30.0. The largest absolute Gasteiger partial charge is 0.418 e. The van der Waals surface area contributed by atoms with Crippen LogP contribution in [0.5, 0.6) is 0 Å². The number of amides is 2. The first kappa shape index (κ1) is 39.9. The van der Waals surface area contributed by atoms with Crippen LogP contribution in [0.2, 0.25) is 0 Å². The highest BCUT2D eigenvalue weighted by atomic mass is 32.1. The van der Waals surface area contributed by atoms with Gasteiger partial charge in [-0.15, -0.1) is 10.2 Å². The van der Waals surface area contributed by atoms with Crippen LogP contribution in [0.4, 0.5) is 31.5 Å². The standard InChI is InChI=1S/C20H17FN4O3S.C20H15FN4O2S/c1-11(26)17(20(28)25-24-19(27)12-3-5-13(21)6-4-12)23-15-7-8-16(22-2)18-14(15)9-10-29-18;1-11(26)17(20-25-24-19(27-20)12-3-5-13(21)6-4-12)23-15-7-8-16(22-2)18-14(15)9-10-28-18/h3-11,17,23,26H,1H3,(H,24,27)(H,25,28);3-11,17,23,26H,1H3/t2*11-,17-/m11/s1. The first-order valence-electron chi connectivity index (χ1n) is 17.1. The second-order valence-electron chi connectivity index (χ2n) is 12.4. The molecule has 288 valence electrons. The lowest BCUT2D eigenvalue weighted by Crippen LogP contribution is -2.52. The molecule has 0 aliphatic rings. The summed E-state index contributed by atoms with van der Waals surface area (Å²) in [5.41, 5.74) is 7.69. The van der Waals surface area contributed by atoms with Crippen LogP contribution in [0.15, 0.2) is 100 Å². The fraction of sp³-hybridized carbons (Fsp3) is 0.150. The zero-order valence-corrected chi connectivity index (χ0v) is 31.7. The van der Waals surface area contributed by atoms with E-state index in [1.54, 1.807) is 43.3 Å². The fourth-order valence-corrected chi connectivity index (χ4v) is 7.35. The molecule has 3 aromatic heterocycles. The predicted molar refractivity (Wildman–Crippen MR) is 215 cm³/mol. The van der Waals surface area contributed by atoms with Crippen LogP contribution < -0.4 is 21.5 Å². The smallest absolute Gasteiger partial charge is 0.269 e. The SMILES string of the molecule is [C-]#[N+]c1ccc(N[C@@H](C(=O)NNC(=O)c2ccc(F)cc2)[C@@H](C)O)c2ccsc12.[C-]#[N+]c1ccc(N[C@@H](c2nnc(-c3ccc(F)cc3)o2)[C@@H](C)O)c2ccsc12. The first-order chi connectivity index (χ1) is 27.5. The van der Waals surface area contributed by atoms with E-state index in [1.165, 1.54) is 53.9 Å². The Morgan fingerprint density at radius 3 is 1.79 bits per heavy atom. The van der Waals surface area contributed by atoms with E-state index >= 15 is 0 Å². The summed E-state index contributed by atoms with van der Waals surface area (Å²) in [7, 11) is 0. The van der Waals surface area contributed by atoms with Crippen molar-refractivity contribution in [3.05, 3.63) is 142 Å². The average Bonchev–Trinajstić information content (AvgIpc) is 4.01. The molecular formula is C40H32F2N8O5S2. The van der Waals surface area contributed by atoms with Crippen molar-refractivity contribution in [3.63, 3.8) is 0 Å². The van der Waals surface area contributed by atoms with E-state index in [2.05, 4.69) is 41.4 Å². The Morgan fingerprint density at radius 1 is 0.719 bits per heavy atom. The van der Waals surface area contributed by atoms with E-state index in [-0.39, 0.29) is 23.2 Å². The van der Waals surface area contributed by atoms with Crippen molar-refractivity contribution in [2.45, 2.75) is 38.1 Å². The van der Waals surface area contributed by atoms with Gasteiger partial charge < -0.3 is 25.3 Å². The Labute approximate surface area is 332 Å². The van der Waals surface area contributed by atoms with Gasteiger partial charge in [-0.1, -0.05) is 12.1 Å². The molecule has 6 N–H and O–H groups in total. The maximum Gasteiger partial charge on any atom is 0.269 e. The van der Waals surface area contributed by atoms with Gasteiger partial charge in [0.25, 0.3) is 11.8 Å². The number of hydrazine groups is 1. The molecule has 2 amide bonds. The van der Waals surface area contributed by atoms with Crippen molar-refractivity contribution in [2.24, 2.45) is 0 Å². The summed E-state index contributed by atoms with van der Waals surface area (Å²) in [5, 5.41) is 40.0. The van der Waals surface area contributed by atoms with Gasteiger partial charge in [0.05, 0.1) is 25.4 Å². The second-order valence-corrected chi connectivity index (χ2v) is 14.3. The summed E-state index contributed by atoms with van der Waals surface area (Å²) < 4.78 is 33.4. The Kier molecular flexibility index (Phi) is 12.5. The Bertz CT molecular complexity index is 2610. The number of hydrogen-bond acceptors (Lipinski definition) is 11. The van der Waals surface area contributed by atoms with Crippen molar-refractivity contribution in [3.8, 4) is 11.5 Å². The van der Waals surface area contributed by atoms with Crippen LogP contribution in [0.25, 0.3) is 41.3 Å². The van der Waals surface area contributed by atoms with Crippen molar-refractivity contribution in [1.29, 1.82) is 0 Å². The number of rotatable bonds is 10. The number of nitrogens with one attached hydrogen (secondary N) is 4. The van der Waals surface area contributed by atoms with Gasteiger partial charge in [0.15, 0.2) is 0 Å². The summed E-state index contributed by atoms with van der Waals surface area (Å²) in [6.45, 7) is 17.6. The van der Waals surface area contributed by atoms with Crippen molar-refractivity contribution in [1.82, 2.24) is 21.0 Å². The van der Waals surface area contributed by atoms with Gasteiger partial charge in [0, 0.05) is 42.7 Å². The third-order valence-electron chi connectivity index (χ3n) is 8.51. The summed E-state index contributed by atoms with van der Waals surface area (Å²) in [4.78, 5) is 31.6. The highest BCUT2D eigenvalue weighted by Gasteiger charge is 2.27. The summed E-state index contributed by atoms with van der Waals surface area (Å²) >= 11 is 2.90. The van der Waals surface area contributed by atoms with Gasteiger partial charge in [-0.25, -0.2) is 18.5 Å². The third kappa shape index (κ3) is 9.21. The number of aliphatic hydroxyl groups is 2. The molecule has 7 aromatic rings. The Hall–Kier alpha value is -6.76. The molecule has 0 bridgehead atoms. The quantitative estimate of drug-likeness (QED) is 0.0587. The van der Waals surface area contributed by atoms with Gasteiger partial charge in [-0.3, -0.25) is 20.4 Å². The molecule has 0 fully saturated rings. The number of carbonyl (C=O) groups excluding carboxylic acids is 2. The molecule has 0 saturated carbocycles. The number of hydrogen-bond donors (Lipinski definition) is 6. The molecule has 0 spiro atoms. The van der Waals surface area contributed by atoms with Gasteiger partial charge in [0.2, 0.25) is 23.2 Å². The molecule has 7 rings (SSSR count). The van der Waals surface area contributed by atoms with Gasteiger partial charge in [0.1, 0.15) is 23.7 Å². The molecule has 0 aliphatic heterocycles. The number of fused-ring (bicyclic) bond motifs is 2. The van der Waals surface area contributed by atoms with Crippen LogP contribution in [0, 0.1) is 24.8 Å². The number of anilines is 2. The minimum atomic E-state index is -1.08. The third-order valence-corrected chi connectivity index (χ3v) is 10.4. The highest BCUT2D eigenvalue weighted by Crippen LogP contribution is 2.38. The lowest BCUT2D eigenvalue weighted by Gasteiger charge is -2.22. The van der Waals surface area contributed by atoms with E-state index in [4.69, 9.17) is 17.6 Å². The minimum Gasteiger partial charge on any atom is -0.418 e. The van der Waals surface area contributed by atoms with Crippen LogP contribution in [-0.4, -0.2) is 50.5 Å². The Balaban J connectivity index is 0.000000193. The van der Waals surface area contributed by atoms with Gasteiger partial charge >= 0.3 is 0 Å². The predicted octanol–water partition coefficient (Wildman–Crippen LogP) is 8.39. The lowest BCUT2D eigenvalue weighted by molar-refractivity contribution is -0.124. The van der Waals surface area contributed by atoms with Crippen molar-refractivity contribution in [2.75, 3.05) is 10.6 Å². The van der Waals surface area contributed by atoms with Crippen LogP contribution in [0.3, 0.4) is 0 Å². The van der Waals surface area contributed by atoms with Crippen LogP contribution >= 0.6 is 22.7 Å². The van der Waals surface area contributed by atoms with Gasteiger partial charge in [-0.2, -0.15) is 22.7 Å². The first-order valence-corrected chi connectivity index (χ1v) is 18.8. The maximum atomic E-state index is 13.1. The van der Waals surface area contributed by atoms with E-state index in [0.29, 0.717) is 22.6 Å². The number of nitrogens with zero attached hydrogens (tertiary/aromatic N) is 4. The molecule has 0 aliphatic carbocycles. The number of aliphatic hydroxyl groups excluding tert-OH is 2. The number of carbonyl (C=O) groups is 2. The van der Waals surface area contributed by atoms with Crippen molar-refractivity contribution >= 4 is 77.4 Å². The number of benzene rings is 4. The highest BCUT2D eigenvalue weighted by molar-refractivity contribution is 7.18. The number of thiophene rings is 2. The second kappa shape index (κ2) is 17.8. The van der Waals surface area contributed by atoms with E-state index in [1.807, 2.05) is 22.9 Å². The summed E-state index contributed by atoms with van der Waals surface area (Å²) in [6.07, 6.45) is -1.90. The fourth-order valence-electron chi connectivity index (χ4n) is 5.59. The molecule has 57 heavy (non-hydrogen) atoms. The molecule has 3 heterocycles. The van der Waals surface area contributed by atoms with Crippen LogP contribution in [-0.2, 0) is 4.79 Å². The topological polar surface area (TPSA) is 170 Å². The molecule has 13 nitrogen and oxygen atoms in total. The van der Waals surface area contributed by atoms with Gasteiger partial charge in [-0.05, 0) is 97.4 Å². The molecular weight excluding hydrogens is 775 g/mol. The maximum absolute atomic E-state index is 13.1. The molecule has 0 unspecified atom stereocenters. The monoisotopic (exact) mass is 806 g/mol. The van der Waals surface area contributed by atoms with Crippen LogP contribution in [0.1, 0.15) is 36.1 Å². The van der Waals surface area contributed by atoms with Crippen molar-refractivity contribution < 1.29 is 33.0 Å². The average molecular weight is 807 g/mol. The molecule has 0 saturated heterocycles. The normalized spacial score (nSPS) is 12.9. The molecule has 17 heteroatoms. The molecule has 4 aromatic carbocycles. The molecule has 0 radical (unpaired) electrons.